The molecule has 1 atom stereocenters. The molecule has 1 unspecified atom stereocenters. The monoisotopic (exact) mass is 258 g/mol. The SMILES string of the molecule is CC1CSCCN1C(=O)C1(CN)CCOCC1. The molecule has 0 spiro atoms. The van der Waals surface area contributed by atoms with Gasteiger partial charge in [0.1, 0.15) is 0 Å². The van der Waals surface area contributed by atoms with E-state index in [1.54, 1.807) is 0 Å². The number of nitrogens with two attached hydrogens (primary N) is 1. The van der Waals surface area contributed by atoms with E-state index in [1.807, 2.05) is 16.7 Å². The van der Waals surface area contributed by atoms with Crippen LogP contribution in [0.1, 0.15) is 19.8 Å². The summed E-state index contributed by atoms with van der Waals surface area (Å²) in [5.74, 6) is 2.35. The van der Waals surface area contributed by atoms with E-state index in [2.05, 4.69) is 6.92 Å². The second kappa shape index (κ2) is 5.59. The number of carbonyl (C=O) groups is 1. The highest BCUT2D eigenvalue weighted by Crippen LogP contribution is 2.33. The summed E-state index contributed by atoms with van der Waals surface area (Å²) >= 11 is 1.93. The van der Waals surface area contributed by atoms with E-state index in [1.165, 1.54) is 0 Å². The van der Waals surface area contributed by atoms with Gasteiger partial charge in [-0.15, -0.1) is 0 Å². The first-order valence-corrected chi connectivity index (χ1v) is 7.52. The van der Waals surface area contributed by atoms with Crippen molar-refractivity contribution >= 4 is 17.7 Å². The number of nitrogens with zero attached hydrogens (tertiary/aromatic N) is 1. The van der Waals surface area contributed by atoms with Gasteiger partial charge in [0.2, 0.25) is 5.91 Å². The summed E-state index contributed by atoms with van der Waals surface area (Å²) in [4.78, 5) is 14.7. The zero-order chi connectivity index (χ0) is 12.3. The Morgan fingerprint density at radius 1 is 1.53 bits per heavy atom. The normalized spacial score (nSPS) is 29.1. The third-order valence-electron chi connectivity index (χ3n) is 3.92. The van der Waals surface area contributed by atoms with Crippen molar-refractivity contribution in [2.75, 3.05) is 37.8 Å². The summed E-state index contributed by atoms with van der Waals surface area (Å²) < 4.78 is 5.36. The van der Waals surface area contributed by atoms with Gasteiger partial charge < -0.3 is 15.4 Å². The molecule has 5 heteroatoms. The van der Waals surface area contributed by atoms with Crippen molar-refractivity contribution in [2.45, 2.75) is 25.8 Å². The lowest BCUT2D eigenvalue weighted by molar-refractivity contribution is -0.148. The predicted octanol–water partition coefficient (Wildman–Crippen LogP) is 0.706. The van der Waals surface area contributed by atoms with Crippen LogP contribution < -0.4 is 5.73 Å². The van der Waals surface area contributed by atoms with E-state index >= 15 is 0 Å². The van der Waals surface area contributed by atoms with Crippen LogP contribution >= 0.6 is 11.8 Å². The Balaban J connectivity index is 2.10. The van der Waals surface area contributed by atoms with Crippen molar-refractivity contribution in [3.63, 3.8) is 0 Å². The fourth-order valence-corrected chi connectivity index (χ4v) is 3.61. The molecule has 4 nitrogen and oxygen atoms in total. The molecule has 0 saturated carbocycles. The first-order chi connectivity index (χ1) is 8.19. The van der Waals surface area contributed by atoms with Crippen LogP contribution in [0, 0.1) is 5.41 Å². The van der Waals surface area contributed by atoms with E-state index in [0.29, 0.717) is 25.8 Å². The smallest absolute Gasteiger partial charge is 0.230 e. The van der Waals surface area contributed by atoms with E-state index in [4.69, 9.17) is 10.5 Å². The average Bonchev–Trinajstić information content (AvgIpc) is 2.39. The summed E-state index contributed by atoms with van der Waals surface area (Å²) in [7, 11) is 0. The molecule has 98 valence electrons. The molecule has 2 aliphatic rings. The van der Waals surface area contributed by atoms with Crippen LogP contribution in [-0.4, -0.2) is 54.7 Å². The maximum Gasteiger partial charge on any atom is 0.230 e. The van der Waals surface area contributed by atoms with Crippen molar-refractivity contribution in [3.8, 4) is 0 Å². The molecule has 0 aliphatic carbocycles. The van der Waals surface area contributed by atoms with Gasteiger partial charge in [0.05, 0.1) is 5.41 Å². The fraction of sp³-hybridized carbons (Fsp3) is 0.917. The number of hydrogen-bond donors (Lipinski definition) is 1. The van der Waals surface area contributed by atoms with Crippen LogP contribution in [0.3, 0.4) is 0 Å². The van der Waals surface area contributed by atoms with Crippen molar-refractivity contribution in [1.82, 2.24) is 4.90 Å². The highest BCUT2D eigenvalue weighted by molar-refractivity contribution is 7.99. The Bertz CT molecular complexity index is 280. The van der Waals surface area contributed by atoms with Crippen molar-refractivity contribution in [2.24, 2.45) is 11.1 Å². The van der Waals surface area contributed by atoms with Crippen molar-refractivity contribution in [1.29, 1.82) is 0 Å². The molecule has 0 aromatic carbocycles. The largest absolute Gasteiger partial charge is 0.381 e. The Labute approximate surface area is 107 Å². The molecule has 2 fully saturated rings. The van der Waals surface area contributed by atoms with Crippen LogP contribution in [0.15, 0.2) is 0 Å². The van der Waals surface area contributed by atoms with E-state index in [9.17, 15) is 4.79 Å². The second-order valence-corrected chi connectivity index (χ2v) is 6.17. The topological polar surface area (TPSA) is 55.6 Å². The van der Waals surface area contributed by atoms with E-state index in [0.717, 1.165) is 30.9 Å². The summed E-state index contributed by atoms with van der Waals surface area (Å²) in [6.07, 6.45) is 1.55. The van der Waals surface area contributed by atoms with Crippen LogP contribution in [0.5, 0.6) is 0 Å². The quantitative estimate of drug-likeness (QED) is 0.792. The van der Waals surface area contributed by atoms with Crippen molar-refractivity contribution < 1.29 is 9.53 Å². The molecule has 17 heavy (non-hydrogen) atoms. The third-order valence-corrected chi connectivity index (χ3v) is 5.11. The van der Waals surface area contributed by atoms with Gasteiger partial charge in [-0.25, -0.2) is 0 Å². The van der Waals surface area contributed by atoms with E-state index < -0.39 is 0 Å². The summed E-state index contributed by atoms with van der Waals surface area (Å²) in [6.45, 7) is 4.78. The van der Waals surface area contributed by atoms with Gasteiger partial charge in [0.15, 0.2) is 0 Å². The molecular weight excluding hydrogens is 236 g/mol. The minimum absolute atomic E-state index is 0.260. The highest BCUT2D eigenvalue weighted by Gasteiger charge is 2.42. The van der Waals surface area contributed by atoms with E-state index in [-0.39, 0.29) is 11.3 Å². The Hall–Kier alpha value is -0.260. The summed E-state index contributed by atoms with van der Waals surface area (Å²) in [6, 6.07) is 0.340. The lowest BCUT2D eigenvalue weighted by Crippen LogP contribution is -2.55. The third kappa shape index (κ3) is 2.61. The first-order valence-electron chi connectivity index (χ1n) is 6.36. The van der Waals surface area contributed by atoms with Gasteiger partial charge in [-0.05, 0) is 19.8 Å². The molecule has 2 N–H and O–H groups in total. The first kappa shape index (κ1) is 13.2. The Kier molecular flexibility index (Phi) is 4.33. The van der Waals surface area contributed by atoms with Crippen LogP contribution in [0.2, 0.25) is 0 Å². The number of amides is 1. The maximum absolute atomic E-state index is 12.7. The molecule has 2 rings (SSSR count). The molecule has 2 aliphatic heterocycles. The summed E-state index contributed by atoms with van der Waals surface area (Å²) in [5.41, 5.74) is 5.53. The molecule has 0 aromatic rings. The second-order valence-electron chi connectivity index (χ2n) is 5.02. The van der Waals surface area contributed by atoms with Gasteiger partial charge >= 0.3 is 0 Å². The van der Waals surface area contributed by atoms with Gasteiger partial charge in [-0.1, -0.05) is 0 Å². The number of hydrogen-bond acceptors (Lipinski definition) is 4. The molecule has 1 amide bonds. The van der Waals surface area contributed by atoms with Crippen LogP contribution in [-0.2, 0) is 9.53 Å². The molecule has 0 bridgehead atoms. The minimum atomic E-state index is -0.353. The van der Waals surface area contributed by atoms with Gasteiger partial charge in [0.25, 0.3) is 0 Å². The van der Waals surface area contributed by atoms with Gasteiger partial charge in [-0.3, -0.25) is 4.79 Å². The molecule has 0 radical (unpaired) electrons. The zero-order valence-electron chi connectivity index (χ0n) is 10.5. The standard InChI is InChI=1S/C12H22N2O2S/c1-10-8-17-7-4-14(10)11(15)12(9-13)2-5-16-6-3-12/h10H,2-9,13H2,1H3. The number of carbonyl (C=O) groups excluding carboxylic acids is 1. The number of ether oxygens (including phenoxy) is 1. The van der Waals surface area contributed by atoms with Crippen molar-refractivity contribution in [3.05, 3.63) is 0 Å². The number of rotatable bonds is 2. The van der Waals surface area contributed by atoms with Gasteiger partial charge in [0, 0.05) is 43.9 Å². The van der Waals surface area contributed by atoms with Crippen LogP contribution in [0.25, 0.3) is 0 Å². The van der Waals surface area contributed by atoms with Gasteiger partial charge in [-0.2, -0.15) is 11.8 Å². The molecular formula is C12H22N2O2S. The fourth-order valence-electron chi connectivity index (χ4n) is 2.60. The molecule has 2 heterocycles. The molecule has 2 saturated heterocycles. The lowest BCUT2D eigenvalue weighted by atomic mass is 9.78. The minimum Gasteiger partial charge on any atom is -0.381 e. The van der Waals surface area contributed by atoms with Crippen LogP contribution in [0.4, 0.5) is 0 Å². The highest BCUT2D eigenvalue weighted by atomic mass is 32.2. The Morgan fingerprint density at radius 2 is 2.24 bits per heavy atom. The maximum atomic E-state index is 12.7. The zero-order valence-corrected chi connectivity index (χ0v) is 11.3. The number of thioether (sulfide) groups is 1. The molecule has 0 aromatic heterocycles. The Morgan fingerprint density at radius 3 is 2.82 bits per heavy atom. The summed E-state index contributed by atoms with van der Waals surface area (Å²) in [5, 5.41) is 0. The lowest BCUT2D eigenvalue weighted by Gasteiger charge is -2.42. The average molecular weight is 258 g/mol. The predicted molar refractivity (Wildman–Crippen MR) is 70.0 cm³/mol.